The lowest BCUT2D eigenvalue weighted by Crippen LogP contribution is -2.11. The number of rotatable bonds is 7. The standard InChI is InChI=1S/C52H35NO2/c54-49-23-13-12-22-45(49)46-33-32-43(50-47-31-26-38-18-10-11-21-44(38)51(47)55-52(46)50)39-27-30-42(37-16-6-2-7-17-37)48(34-39)53(40-19-8-3-9-20-40)41-28-24-36(25-29-41)35-14-4-1-5-15-35/h1-34,54H. The molecule has 9 aromatic carbocycles. The van der Waals surface area contributed by atoms with E-state index >= 15 is 0 Å². The van der Waals surface area contributed by atoms with Crippen LogP contribution < -0.4 is 4.90 Å². The van der Waals surface area contributed by atoms with Crippen LogP contribution in [0.1, 0.15) is 0 Å². The van der Waals surface area contributed by atoms with Crippen LogP contribution in [0.4, 0.5) is 17.1 Å². The highest BCUT2D eigenvalue weighted by Gasteiger charge is 2.23. The van der Waals surface area contributed by atoms with Gasteiger partial charge in [0.2, 0.25) is 0 Å². The number of hydrogen-bond donors (Lipinski definition) is 1. The van der Waals surface area contributed by atoms with Crippen LogP contribution >= 0.6 is 0 Å². The lowest BCUT2D eigenvalue weighted by molar-refractivity contribution is 0.477. The summed E-state index contributed by atoms with van der Waals surface area (Å²) in [5.74, 6) is 0.216. The van der Waals surface area contributed by atoms with Crippen molar-refractivity contribution in [3.63, 3.8) is 0 Å². The summed E-state index contributed by atoms with van der Waals surface area (Å²) in [7, 11) is 0. The fraction of sp³-hybridized carbons (Fsp3) is 0. The Kier molecular flexibility index (Phi) is 7.96. The summed E-state index contributed by atoms with van der Waals surface area (Å²) >= 11 is 0. The highest BCUT2D eigenvalue weighted by molar-refractivity contribution is 6.21. The average molecular weight is 706 g/mol. The Hall–Kier alpha value is -7.36. The van der Waals surface area contributed by atoms with Gasteiger partial charge >= 0.3 is 0 Å². The number of para-hydroxylation sites is 2. The van der Waals surface area contributed by atoms with Gasteiger partial charge < -0.3 is 14.4 Å². The quantitative estimate of drug-likeness (QED) is 0.179. The first kappa shape index (κ1) is 32.3. The predicted molar refractivity (Wildman–Crippen MR) is 229 cm³/mol. The molecule has 0 bridgehead atoms. The van der Waals surface area contributed by atoms with Crippen LogP contribution in [0.3, 0.4) is 0 Å². The normalized spacial score (nSPS) is 11.3. The highest BCUT2D eigenvalue weighted by atomic mass is 16.3. The number of aromatic hydroxyl groups is 1. The summed E-state index contributed by atoms with van der Waals surface area (Å²) < 4.78 is 6.90. The fourth-order valence-electron chi connectivity index (χ4n) is 7.95. The topological polar surface area (TPSA) is 36.6 Å². The van der Waals surface area contributed by atoms with E-state index in [1.807, 2.05) is 18.2 Å². The van der Waals surface area contributed by atoms with Gasteiger partial charge in [-0.25, -0.2) is 0 Å². The van der Waals surface area contributed by atoms with Crippen molar-refractivity contribution in [2.24, 2.45) is 0 Å². The van der Waals surface area contributed by atoms with Crippen molar-refractivity contribution in [1.29, 1.82) is 0 Å². The van der Waals surface area contributed by atoms with E-state index in [1.54, 1.807) is 6.07 Å². The molecule has 0 unspecified atom stereocenters. The van der Waals surface area contributed by atoms with Crippen LogP contribution in [0.2, 0.25) is 0 Å². The maximum Gasteiger partial charge on any atom is 0.144 e. The van der Waals surface area contributed by atoms with Crippen molar-refractivity contribution >= 4 is 49.8 Å². The highest BCUT2D eigenvalue weighted by Crippen LogP contribution is 2.48. The number of furan rings is 1. The molecule has 10 rings (SSSR count). The molecule has 1 heterocycles. The number of nitrogens with zero attached hydrogens (tertiary/aromatic N) is 1. The molecule has 3 nitrogen and oxygen atoms in total. The molecule has 260 valence electrons. The predicted octanol–water partition coefficient (Wildman–Crippen LogP) is 14.6. The van der Waals surface area contributed by atoms with Crippen molar-refractivity contribution in [2.45, 2.75) is 0 Å². The Labute approximate surface area is 319 Å². The van der Waals surface area contributed by atoms with Crippen molar-refractivity contribution in [3.8, 4) is 50.3 Å². The zero-order valence-electron chi connectivity index (χ0n) is 29.9. The van der Waals surface area contributed by atoms with Crippen molar-refractivity contribution in [2.75, 3.05) is 4.90 Å². The molecule has 55 heavy (non-hydrogen) atoms. The number of anilines is 3. The maximum atomic E-state index is 11.0. The smallest absolute Gasteiger partial charge is 0.144 e. The van der Waals surface area contributed by atoms with Crippen LogP contribution in [0, 0.1) is 0 Å². The number of phenols is 1. The molecule has 0 aliphatic heterocycles. The van der Waals surface area contributed by atoms with Gasteiger partial charge in [-0.15, -0.1) is 0 Å². The van der Waals surface area contributed by atoms with E-state index in [-0.39, 0.29) is 5.75 Å². The molecule has 0 saturated carbocycles. The van der Waals surface area contributed by atoms with Crippen LogP contribution in [-0.2, 0) is 0 Å². The molecule has 0 aliphatic carbocycles. The summed E-state index contributed by atoms with van der Waals surface area (Å²) in [4.78, 5) is 2.36. The minimum atomic E-state index is 0.216. The largest absolute Gasteiger partial charge is 0.507 e. The van der Waals surface area contributed by atoms with E-state index < -0.39 is 0 Å². The zero-order valence-corrected chi connectivity index (χ0v) is 29.9. The lowest BCUT2D eigenvalue weighted by Gasteiger charge is -2.29. The van der Waals surface area contributed by atoms with E-state index in [0.717, 1.165) is 83.2 Å². The Balaban J connectivity index is 1.24. The number of hydrogen-bond acceptors (Lipinski definition) is 3. The van der Waals surface area contributed by atoms with Gasteiger partial charge in [-0.1, -0.05) is 158 Å². The molecule has 1 aromatic heterocycles. The average Bonchev–Trinajstić information content (AvgIpc) is 3.66. The molecule has 1 N–H and O–H groups in total. The summed E-state index contributed by atoms with van der Waals surface area (Å²) in [6, 6.07) is 71.7. The summed E-state index contributed by atoms with van der Waals surface area (Å²) in [5, 5.41) is 15.3. The van der Waals surface area contributed by atoms with E-state index in [4.69, 9.17) is 4.42 Å². The molecule has 10 aromatic rings. The minimum Gasteiger partial charge on any atom is -0.507 e. The van der Waals surface area contributed by atoms with Crippen molar-refractivity contribution in [1.82, 2.24) is 0 Å². The minimum absolute atomic E-state index is 0.216. The molecule has 0 fully saturated rings. The Morgan fingerprint density at radius 3 is 1.71 bits per heavy atom. The molecule has 0 atom stereocenters. The molecular weight excluding hydrogens is 671 g/mol. The van der Waals surface area contributed by atoms with Gasteiger partial charge in [0, 0.05) is 44.2 Å². The van der Waals surface area contributed by atoms with Crippen molar-refractivity contribution < 1.29 is 9.52 Å². The van der Waals surface area contributed by atoms with E-state index in [0.29, 0.717) is 0 Å². The van der Waals surface area contributed by atoms with Crippen molar-refractivity contribution in [3.05, 3.63) is 206 Å². The summed E-state index contributed by atoms with van der Waals surface area (Å²) in [5.41, 5.74) is 13.0. The van der Waals surface area contributed by atoms with Crippen LogP contribution in [0.5, 0.6) is 5.75 Å². The van der Waals surface area contributed by atoms with Gasteiger partial charge in [0.15, 0.2) is 0 Å². The third-order valence-electron chi connectivity index (χ3n) is 10.6. The Bertz CT molecular complexity index is 2970. The van der Waals surface area contributed by atoms with Crippen LogP contribution in [0.15, 0.2) is 211 Å². The summed E-state index contributed by atoms with van der Waals surface area (Å²) in [6.45, 7) is 0. The molecule has 0 aliphatic rings. The monoisotopic (exact) mass is 705 g/mol. The van der Waals surface area contributed by atoms with Crippen LogP contribution in [0.25, 0.3) is 77.2 Å². The maximum absolute atomic E-state index is 11.0. The van der Waals surface area contributed by atoms with Gasteiger partial charge in [0.25, 0.3) is 0 Å². The Morgan fingerprint density at radius 1 is 0.364 bits per heavy atom. The van der Waals surface area contributed by atoms with E-state index in [9.17, 15) is 5.11 Å². The number of benzene rings is 9. The first-order valence-electron chi connectivity index (χ1n) is 18.6. The molecule has 3 heteroatoms. The second-order valence-corrected chi connectivity index (χ2v) is 13.8. The molecular formula is C52H35NO2. The third-order valence-corrected chi connectivity index (χ3v) is 10.6. The SMILES string of the molecule is Oc1ccccc1-c1ccc(-c2ccc(-c3ccccc3)c(N(c3ccccc3)c3ccc(-c4ccccc4)cc3)c2)c2c1oc1c3ccccc3ccc12. The first-order chi connectivity index (χ1) is 27.2. The van der Waals surface area contributed by atoms with Gasteiger partial charge in [0.1, 0.15) is 16.9 Å². The van der Waals surface area contributed by atoms with E-state index in [2.05, 4.69) is 187 Å². The van der Waals surface area contributed by atoms with E-state index in [1.165, 1.54) is 11.1 Å². The fourth-order valence-corrected chi connectivity index (χ4v) is 7.95. The second-order valence-electron chi connectivity index (χ2n) is 13.8. The van der Waals surface area contributed by atoms with Gasteiger partial charge in [-0.05, 0) is 81.7 Å². The molecule has 0 spiro atoms. The van der Waals surface area contributed by atoms with Gasteiger partial charge in [-0.3, -0.25) is 0 Å². The third kappa shape index (κ3) is 5.70. The lowest BCUT2D eigenvalue weighted by atomic mass is 9.91. The molecule has 0 radical (unpaired) electrons. The zero-order chi connectivity index (χ0) is 36.7. The molecule has 0 amide bonds. The number of phenolic OH excluding ortho intramolecular Hbond substituents is 1. The second kappa shape index (κ2) is 13.6. The first-order valence-corrected chi connectivity index (χ1v) is 18.6. The molecule has 0 saturated heterocycles. The number of fused-ring (bicyclic) bond motifs is 5. The Morgan fingerprint density at radius 2 is 0.945 bits per heavy atom. The van der Waals surface area contributed by atoms with Gasteiger partial charge in [0.05, 0.1) is 5.69 Å². The van der Waals surface area contributed by atoms with Gasteiger partial charge in [-0.2, -0.15) is 0 Å². The van der Waals surface area contributed by atoms with Crippen LogP contribution in [-0.4, -0.2) is 5.11 Å². The summed E-state index contributed by atoms with van der Waals surface area (Å²) in [6.07, 6.45) is 0.